The highest BCUT2D eigenvalue weighted by Crippen LogP contribution is 2.41. The molecule has 10 nitrogen and oxygen atoms in total. The van der Waals surface area contributed by atoms with Crippen molar-refractivity contribution < 1.29 is 29.7 Å². The molecule has 192 valence electrons. The molecule has 3 unspecified atom stereocenters. The zero-order valence-corrected chi connectivity index (χ0v) is 21.7. The summed E-state index contributed by atoms with van der Waals surface area (Å²) in [6.45, 7) is 18.1. The van der Waals surface area contributed by atoms with Crippen molar-refractivity contribution in [1.29, 1.82) is 0 Å². The van der Waals surface area contributed by atoms with E-state index < -0.39 is 52.7 Å². The first-order chi connectivity index (χ1) is 14.8. The Morgan fingerprint density at radius 3 is 1.55 bits per heavy atom. The third-order valence-corrected chi connectivity index (χ3v) is 6.26. The van der Waals surface area contributed by atoms with Crippen molar-refractivity contribution in [3.63, 3.8) is 0 Å². The fourth-order valence-corrected chi connectivity index (χ4v) is 4.75. The lowest BCUT2D eigenvalue weighted by molar-refractivity contribution is -0.0559. The minimum absolute atomic E-state index is 0.0106. The van der Waals surface area contributed by atoms with E-state index in [9.17, 15) is 29.7 Å². The molecule has 1 aliphatic heterocycles. The van der Waals surface area contributed by atoms with E-state index in [2.05, 4.69) is 5.32 Å². The van der Waals surface area contributed by atoms with Gasteiger partial charge in [0.1, 0.15) is 0 Å². The second kappa shape index (κ2) is 10.4. The molecule has 0 aromatic rings. The summed E-state index contributed by atoms with van der Waals surface area (Å²) >= 11 is 0. The van der Waals surface area contributed by atoms with Gasteiger partial charge >= 0.3 is 18.3 Å². The van der Waals surface area contributed by atoms with Gasteiger partial charge in [0.15, 0.2) is 0 Å². The van der Waals surface area contributed by atoms with Crippen LogP contribution in [0, 0.1) is 16.2 Å². The molecule has 1 fully saturated rings. The minimum atomic E-state index is -1.19. The van der Waals surface area contributed by atoms with Gasteiger partial charge in [0.25, 0.3) is 0 Å². The Bertz CT molecular complexity index is 707. The number of amides is 3. The van der Waals surface area contributed by atoms with Crippen LogP contribution < -0.4 is 5.32 Å². The van der Waals surface area contributed by atoms with Crippen LogP contribution in [0.3, 0.4) is 0 Å². The van der Waals surface area contributed by atoms with Crippen molar-refractivity contribution in [3.05, 3.63) is 0 Å². The van der Waals surface area contributed by atoms with Gasteiger partial charge in [-0.25, -0.2) is 14.4 Å². The molecular weight excluding hydrogens is 428 g/mol. The second-order valence-electron chi connectivity index (χ2n) is 12.1. The summed E-state index contributed by atoms with van der Waals surface area (Å²) in [6.07, 6.45) is -3.40. The van der Waals surface area contributed by atoms with Crippen LogP contribution in [-0.2, 0) is 0 Å². The van der Waals surface area contributed by atoms with E-state index in [1.807, 2.05) is 62.3 Å². The normalized spacial score (nSPS) is 24.6. The van der Waals surface area contributed by atoms with E-state index >= 15 is 0 Å². The van der Waals surface area contributed by atoms with Gasteiger partial charge < -0.3 is 30.4 Å². The smallest absolute Gasteiger partial charge is 0.407 e. The molecular formula is C23H44N4O6. The molecule has 3 atom stereocenters. The van der Waals surface area contributed by atoms with Gasteiger partial charge in [-0.15, -0.1) is 0 Å². The number of carbonyl (C=O) groups is 3. The summed E-state index contributed by atoms with van der Waals surface area (Å²) in [7, 11) is 0. The number of carboxylic acid groups (broad SMARTS) is 3. The molecule has 3 amide bonds. The number of nitrogens with zero attached hydrogens (tertiary/aromatic N) is 3. The van der Waals surface area contributed by atoms with Crippen LogP contribution in [-0.4, -0.2) is 99.1 Å². The first-order valence-corrected chi connectivity index (χ1v) is 11.5. The average molecular weight is 473 g/mol. The number of hydrogen-bond acceptors (Lipinski definition) is 4. The maximum atomic E-state index is 12.9. The van der Waals surface area contributed by atoms with E-state index in [0.717, 1.165) is 0 Å². The maximum Gasteiger partial charge on any atom is 0.407 e. The summed E-state index contributed by atoms with van der Waals surface area (Å²) in [5.41, 5.74) is -1.84. The maximum absolute atomic E-state index is 12.9. The molecule has 0 aromatic heterocycles. The molecule has 0 spiro atoms. The van der Waals surface area contributed by atoms with Crippen molar-refractivity contribution in [2.45, 2.75) is 80.4 Å². The number of nitrogens with one attached hydrogen (secondary N) is 1. The fraction of sp³-hybridized carbons (Fsp3) is 0.870. The second-order valence-corrected chi connectivity index (χ2v) is 12.1. The predicted molar refractivity (Wildman–Crippen MR) is 127 cm³/mol. The highest BCUT2D eigenvalue weighted by atomic mass is 16.4. The quantitative estimate of drug-likeness (QED) is 0.422. The molecule has 0 radical (unpaired) electrons. The lowest BCUT2D eigenvalue weighted by atomic mass is 9.69. The summed E-state index contributed by atoms with van der Waals surface area (Å²) in [5, 5.41) is 33.7. The molecule has 4 N–H and O–H groups in total. The summed E-state index contributed by atoms with van der Waals surface area (Å²) in [6, 6.07) is -2.10. The van der Waals surface area contributed by atoms with Crippen LogP contribution in [0.4, 0.5) is 14.4 Å². The van der Waals surface area contributed by atoms with Crippen LogP contribution >= 0.6 is 0 Å². The lowest BCUT2D eigenvalue weighted by Gasteiger charge is -2.55. The van der Waals surface area contributed by atoms with Crippen molar-refractivity contribution in [2.75, 3.05) is 32.7 Å². The van der Waals surface area contributed by atoms with Gasteiger partial charge in [0.2, 0.25) is 0 Å². The molecule has 33 heavy (non-hydrogen) atoms. The van der Waals surface area contributed by atoms with Gasteiger partial charge in [-0.1, -0.05) is 62.3 Å². The third-order valence-electron chi connectivity index (χ3n) is 6.26. The van der Waals surface area contributed by atoms with Crippen molar-refractivity contribution in [3.8, 4) is 0 Å². The van der Waals surface area contributed by atoms with E-state index in [-0.39, 0.29) is 19.6 Å². The zero-order valence-electron chi connectivity index (χ0n) is 21.7. The molecule has 10 heteroatoms. The third kappa shape index (κ3) is 7.38. The Hall–Kier alpha value is -2.23. The topological polar surface area (TPSA) is 134 Å². The van der Waals surface area contributed by atoms with E-state index in [4.69, 9.17) is 0 Å². The van der Waals surface area contributed by atoms with Crippen LogP contribution in [0.15, 0.2) is 0 Å². The van der Waals surface area contributed by atoms with Crippen molar-refractivity contribution >= 4 is 18.3 Å². The zero-order chi connectivity index (χ0) is 25.9. The Balaban J connectivity index is 3.92. The summed E-state index contributed by atoms with van der Waals surface area (Å²) < 4.78 is 0. The summed E-state index contributed by atoms with van der Waals surface area (Å²) in [5.74, 6) is 0. The molecule has 1 saturated heterocycles. The van der Waals surface area contributed by atoms with Gasteiger partial charge in [0, 0.05) is 32.7 Å². The van der Waals surface area contributed by atoms with Crippen molar-refractivity contribution in [1.82, 2.24) is 20.0 Å². The highest BCUT2D eigenvalue weighted by Gasteiger charge is 2.52. The SMILES string of the molecule is CC(C)(C)C1C(C(C)(C)C)N(C(=O)O)C(C(C)(C)C)CN(C(=O)O)CCNCCN1C(=O)O. The monoisotopic (exact) mass is 472 g/mol. The van der Waals surface area contributed by atoms with Crippen LogP contribution in [0.25, 0.3) is 0 Å². The Morgan fingerprint density at radius 1 is 0.697 bits per heavy atom. The first kappa shape index (κ1) is 28.8. The number of hydrogen-bond donors (Lipinski definition) is 4. The van der Waals surface area contributed by atoms with Crippen LogP contribution in [0.1, 0.15) is 62.3 Å². The Morgan fingerprint density at radius 2 is 1.18 bits per heavy atom. The molecule has 1 heterocycles. The van der Waals surface area contributed by atoms with Crippen molar-refractivity contribution in [2.24, 2.45) is 16.2 Å². The first-order valence-electron chi connectivity index (χ1n) is 11.5. The molecule has 0 bridgehead atoms. The predicted octanol–water partition coefficient (Wildman–Crippen LogP) is 3.77. The van der Waals surface area contributed by atoms with Gasteiger partial charge in [-0.2, -0.15) is 0 Å². The summed E-state index contributed by atoms with van der Waals surface area (Å²) in [4.78, 5) is 41.3. The molecule has 0 saturated carbocycles. The van der Waals surface area contributed by atoms with Gasteiger partial charge in [-0.3, -0.25) is 4.90 Å². The molecule has 0 aromatic carbocycles. The van der Waals surface area contributed by atoms with Gasteiger partial charge in [0.05, 0.1) is 18.1 Å². The molecule has 0 aliphatic carbocycles. The average Bonchev–Trinajstić information content (AvgIpc) is 2.57. The lowest BCUT2D eigenvalue weighted by Crippen LogP contribution is -2.69. The number of rotatable bonds is 0. The van der Waals surface area contributed by atoms with Crippen LogP contribution in [0.2, 0.25) is 0 Å². The van der Waals surface area contributed by atoms with Gasteiger partial charge in [-0.05, 0) is 16.2 Å². The highest BCUT2D eigenvalue weighted by molar-refractivity contribution is 5.69. The molecule has 1 rings (SSSR count). The van der Waals surface area contributed by atoms with Crippen LogP contribution in [0.5, 0.6) is 0 Å². The Labute approximate surface area is 197 Å². The minimum Gasteiger partial charge on any atom is -0.465 e. The van der Waals surface area contributed by atoms with E-state index in [1.165, 1.54) is 14.7 Å². The largest absolute Gasteiger partial charge is 0.465 e. The Kier molecular flexibility index (Phi) is 9.04. The van der Waals surface area contributed by atoms with E-state index in [0.29, 0.717) is 13.1 Å². The fourth-order valence-electron chi connectivity index (χ4n) is 4.75. The molecule has 1 aliphatic rings. The van der Waals surface area contributed by atoms with E-state index in [1.54, 1.807) is 0 Å². The standard InChI is InChI=1S/C23H44N4O6/c1-21(2,3)15-14-25(18(28)29)12-10-24-11-13-26(19(30)31)16(22(4,5)6)17(23(7,8)9)27(15)20(32)33/h15-17,24H,10-14H2,1-9H3,(H,28,29)(H,30,31)(H,32,33).